The van der Waals surface area contributed by atoms with Crippen LogP contribution in [0.2, 0.25) is 0 Å². The molecule has 15 rings (SSSR count). The molecule has 11 fully saturated rings. The first kappa shape index (κ1) is 94.3. The van der Waals surface area contributed by atoms with E-state index in [2.05, 4.69) is 111 Å². The maximum atomic E-state index is 16.0. The van der Waals surface area contributed by atoms with Crippen LogP contribution in [0.15, 0.2) is 108 Å². The van der Waals surface area contributed by atoms with E-state index in [1.54, 1.807) is 14.0 Å². The fourth-order valence-corrected chi connectivity index (χ4v) is 25.4. The molecule has 0 radical (unpaired) electrons. The minimum atomic E-state index is -1.42. The average molecular weight is 1740 g/mol. The highest BCUT2D eigenvalue weighted by atomic mass is 16.8. The van der Waals surface area contributed by atoms with E-state index < -0.39 is 163 Å². The summed E-state index contributed by atoms with van der Waals surface area (Å²) >= 11 is 0. The number of hydrogen-bond acceptors (Lipinski definition) is 22. The highest BCUT2D eigenvalue weighted by molar-refractivity contribution is 5.81. The summed E-state index contributed by atoms with van der Waals surface area (Å²) in [6.07, 6.45) is -5.03. The second-order valence-corrected chi connectivity index (χ2v) is 42.1. The van der Waals surface area contributed by atoms with Gasteiger partial charge in [0.25, 0.3) is 0 Å². The fourth-order valence-electron chi connectivity index (χ4n) is 25.4. The number of benzene rings is 3. The lowest BCUT2D eigenvalue weighted by atomic mass is 9.34. The first-order valence-corrected chi connectivity index (χ1v) is 47.2. The number of methoxy groups -OCH3 is 1. The molecule has 5 aliphatic carbocycles. The van der Waals surface area contributed by atoms with Gasteiger partial charge in [0, 0.05) is 41.6 Å². The van der Waals surface area contributed by atoms with Crippen molar-refractivity contribution in [2.24, 2.45) is 103 Å². The van der Waals surface area contributed by atoms with Gasteiger partial charge in [-0.2, -0.15) is 0 Å². The minimum Gasteiger partial charge on any atom is -0.417 e. The van der Waals surface area contributed by atoms with Gasteiger partial charge in [-0.25, -0.2) is 4.79 Å². The first-order chi connectivity index (χ1) is 59.5. The Hall–Kier alpha value is -5.36. The van der Waals surface area contributed by atoms with Crippen molar-refractivity contribution < 1.29 is 99.6 Å². The van der Waals surface area contributed by atoms with Gasteiger partial charge in [0.05, 0.1) is 99.4 Å². The van der Waals surface area contributed by atoms with E-state index in [9.17, 15) is 15.1 Å². The van der Waals surface area contributed by atoms with Crippen LogP contribution in [0.5, 0.6) is 0 Å². The molecular weight excluding hydrogens is 1590 g/mol. The Kier molecular flexibility index (Phi) is 28.7. The predicted molar refractivity (Wildman–Crippen MR) is 466 cm³/mol. The minimum absolute atomic E-state index is 0.00696. The molecular formula is C100H146N4O21. The number of Topliss-reactive ketones (excluding diaryl/α,β-unsaturated/α-hetero) is 1. The van der Waals surface area contributed by atoms with Crippen molar-refractivity contribution in [2.45, 2.75) is 363 Å². The second-order valence-electron chi connectivity index (χ2n) is 42.1. The molecule has 1 amide bonds. The number of carbonyl (C=O) groups excluding carboxylic acids is 3. The Morgan fingerprint density at radius 3 is 1.84 bits per heavy atom. The highest BCUT2D eigenvalue weighted by Gasteiger charge is 2.72. The van der Waals surface area contributed by atoms with Gasteiger partial charge in [-0.15, -0.1) is 0 Å². The zero-order valence-electron chi connectivity index (χ0n) is 78.1. The van der Waals surface area contributed by atoms with Gasteiger partial charge < -0.3 is 95.4 Å². The number of azide groups is 1. The zero-order valence-corrected chi connectivity index (χ0v) is 78.1. The predicted octanol–water partition coefficient (Wildman–Crippen LogP) is 17.9. The van der Waals surface area contributed by atoms with Crippen LogP contribution in [0, 0.1) is 98.1 Å². The third kappa shape index (κ3) is 18.3. The molecule has 1 N–H and O–H groups in total. The zero-order chi connectivity index (χ0) is 89.2. The van der Waals surface area contributed by atoms with Gasteiger partial charge in [0.15, 0.2) is 43.0 Å². The Balaban J connectivity index is 0.692. The molecule has 17 unspecified atom stereocenters. The molecule has 125 heavy (non-hydrogen) atoms. The second kappa shape index (κ2) is 38.1. The molecule has 7 saturated heterocycles. The monoisotopic (exact) mass is 1740 g/mol. The average Bonchev–Trinajstić information content (AvgIpc) is 0.913. The lowest BCUT2D eigenvalue weighted by Crippen LogP contribution is -2.73. The summed E-state index contributed by atoms with van der Waals surface area (Å²) in [6.45, 7) is 44.5. The number of hydrogen-bond donors (Lipinski definition) is 1. The molecule has 0 spiro atoms. The molecule has 38 atom stereocenters. The highest BCUT2D eigenvalue weighted by Crippen LogP contribution is 2.75. The number of fused-ring (bicyclic) bond motifs is 8. The van der Waals surface area contributed by atoms with Crippen molar-refractivity contribution in [1.82, 2.24) is 5.32 Å². The normalized spacial score (nSPS) is 45.7. The Labute approximate surface area is 742 Å². The summed E-state index contributed by atoms with van der Waals surface area (Å²) in [6, 6.07) is 29.0. The van der Waals surface area contributed by atoms with E-state index in [1.807, 2.05) is 133 Å². The number of aldehydes is 1. The number of nitrogens with one attached hydrogen (secondary N) is 1. The molecule has 0 aromatic heterocycles. The van der Waals surface area contributed by atoms with Crippen LogP contribution in [0.4, 0.5) is 4.79 Å². The molecule has 3 aromatic carbocycles. The molecule has 0 bridgehead atoms. The number of ketones is 1. The van der Waals surface area contributed by atoms with Gasteiger partial charge in [-0.3, -0.25) is 4.79 Å². The van der Waals surface area contributed by atoms with Crippen LogP contribution in [-0.4, -0.2) is 186 Å². The van der Waals surface area contributed by atoms with Gasteiger partial charge >= 0.3 is 6.09 Å². The molecule has 25 heteroatoms. The Morgan fingerprint density at radius 1 is 0.568 bits per heavy atom. The maximum Gasteiger partial charge on any atom is 0.410 e. The summed E-state index contributed by atoms with van der Waals surface area (Å²) in [5.74, 6) is -1.63. The molecule has 3 aromatic rings. The summed E-state index contributed by atoms with van der Waals surface area (Å²) in [5.41, 5.74) is 11.5. The van der Waals surface area contributed by atoms with Crippen LogP contribution in [-0.2, 0) is 115 Å². The van der Waals surface area contributed by atoms with Crippen LogP contribution in [0.1, 0.15) is 219 Å². The maximum absolute atomic E-state index is 16.0. The fraction of sp³-hybridized carbons (Fsp3) is 0.770. The van der Waals surface area contributed by atoms with E-state index in [-0.39, 0.29) is 89.4 Å². The van der Waals surface area contributed by atoms with Crippen molar-refractivity contribution in [1.29, 1.82) is 0 Å². The van der Waals surface area contributed by atoms with Gasteiger partial charge in [-0.1, -0.05) is 219 Å². The van der Waals surface area contributed by atoms with Gasteiger partial charge in [-0.05, 0) is 177 Å². The number of allylic oxidation sites excluding steroid dienone is 1. The number of rotatable bonds is 27. The van der Waals surface area contributed by atoms with Gasteiger partial charge in [0.2, 0.25) is 6.29 Å². The summed E-state index contributed by atoms with van der Waals surface area (Å²) < 4.78 is 125. The lowest BCUT2D eigenvalue weighted by molar-refractivity contribution is -0.374. The molecule has 4 saturated carbocycles. The largest absolute Gasteiger partial charge is 0.417 e. The number of ether oxygens (including phenoxy) is 18. The van der Waals surface area contributed by atoms with E-state index >= 15 is 4.79 Å². The van der Waals surface area contributed by atoms with E-state index in [4.69, 9.17) is 85.3 Å². The van der Waals surface area contributed by atoms with Crippen LogP contribution < -0.4 is 5.32 Å². The summed E-state index contributed by atoms with van der Waals surface area (Å²) in [5, 5.41) is 8.01. The summed E-state index contributed by atoms with van der Waals surface area (Å²) in [7, 11) is 1.78. The smallest absolute Gasteiger partial charge is 0.410 e. The molecule has 692 valence electrons. The first-order valence-electron chi connectivity index (χ1n) is 47.2. The van der Waals surface area contributed by atoms with Crippen LogP contribution in [0.25, 0.3) is 10.4 Å². The molecule has 7 heterocycles. The van der Waals surface area contributed by atoms with Crippen molar-refractivity contribution in [2.75, 3.05) is 26.9 Å². The van der Waals surface area contributed by atoms with Crippen LogP contribution in [0.3, 0.4) is 0 Å². The van der Waals surface area contributed by atoms with Crippen molar-refractivity contribution >= 4 is 18.2 Å². The number of amides is 1. The third-order valence-electron chi connectivity index (χ3n) is 33.7. The van der Waals surface area contributed by atoms with Crippen molar-refractivity contribution in [3.8, 4) is 0 Å². The molecule has 7 aliphatic heterocycles. The van der Waals surface area contributed by atoms with Crippen LogP contribution >= 0.6 is 0 Å². The number of nitrogens with zero attached hydrogens (tertiary/aromatic N) is 3. The lowest BCUT2D eigenvalue weighted by Gasteiger charge is -2.72. The Bertz CT molecular complexity index is 4220. The molecule has 25 nitrogen and oxygen atoms in total. The standard InChI is InChI=1S/C100H146N4O21/c1-22-71-58(5)57(4)60(7)89(115-71)122-85-81(119-87-59(6)56(3)55(2)48-112-87)62(9)79(64(11)106)118-91(85)117-76-41-42-96(17)74(97(76,18)54-105)40-43-98(19)75(96)39-38-69-70-46-94(13,14)44-45-100(70,77(108-21)47-99(69,98)20)102-93(107)123-90-82(61(8)78(103-104-101)72(116-90)52-109-49-66-32-26-23-27-33-66)120-92-86-84(124-95(15,16)125-86)83(65(12)114-92)121-88-63(10)80(111-51-68-36-30-25-31-37-68)73(53-113-88)110-50-67-34-28-24-29-35-67/h23-38,54-63,65,70-92H,22,39-53H2,1-21H3,(H,102,107)/t55-,56+,57+,58-,59?,60?,61?,62-,63?,65?,70?,71?,72?,73-,74-,75?,76+,77?,78-,79?,80?,81+,82?,83+,84?,85?,86?,87+,88+,89+,90+,91-,92+,96?,97-,98+,99-,100-/m1/s1. The van der Waals surface area contributed by atoms with E-state index in [1.165, 1.54) is 11.9 Å². The third-order valence-corrected chi connectivity index (χ3v) is 33.7. The SMILES string of the molecule is CCC1O[C@@H](OC2[C@H](O[C@H]3CCC4(C)C5CC=C6C7CC(C)(C)CC[C@]7(NC(=O)O[C@@H]7OC(COCc8ccccc8)[C@H](N=[N+]=[N-])C(C)C7O[C@@H]7OC(C)[C@H](O[C@@H]8OC[C@@H](OCc9ccccc9)C(OCc9ccccc9)C8C)C8OC(C)(C)OC87)C(OC)C[C@@]6(C)[C@@]5(C)CC[C@H]4[C@@]3(C)C=O)OC(C(C)=O)[C@@H](C)[C@@H]2O[C@@H]2OC[C@@H](C)[C@H](C)C2C)C(C)[C@@H](C)[C@H]1C. The quantitative estimate of drug-likeness (QED) is 0.0185. The van der Waals surface area contributed by atoms with E-state index in [0.29, 0.717) is 56.8 Å². The number of alkyl carbamates (subject to hydrolysis) is 1. The van der Waals surface area contributed by atoms with Crippen molar-refractivity contribution in [3.63, 3.8) is 0 Å². The topological polar surface area (TPSA) is 278 Å². The van der Waals surface area contributed by atoms with E-state index in [0.717, 1.165) is 61.6 Å². The van der Waals surface area contributed by atoms with Crippen molar-refractivity contribution in [3.05, 3.63) is 130 Å². The number of carbonyl (C=O) groups is 3. The summed E-state index contributed by atoms with van der Waals surface area (Å²) in [4.78, 5) is 48.1. The Morgan fingerprint density at radius 2 is 1.18 bits per heavy atom. The van der Waals surface area contributed by atoms with Gasteiger partial charge in [0.1, 0.15) is 49.0 Å². The molecule has 12 aliphatic rings.